The lowest BCUT2D eigenvalue weighted by Crippen LogP contribution is -2.11. The van der Waals surface area contributed by atoms with Crippen molar-refractivity contribution in [1.29, 1.82) is 0 Å². The molecule has 0 fully saturated rings. The first-order chi connectivity index (χ1) is 4.72. The minimum Gasteiger partial charge on any atom is -0.320 e. The van der Waals surface area contributed by atoms with Crippen LogP contribution in [0.25, 0.3) is 0 Å². The third-order valence-electron chi connectivity index (χ3n) is 1.72. The van der Waals surface area contributed by atoms with Gasteiger partial charge in [-0.3, -0.25) is 0 Å². The van der Waals surface area contributed by atoms with E-state index in [1.165, 1.54) is 0 Å². The highest BCUT2D eigenvalue weighted by atomic mass is 14.8. The van der Waals surface area contributed by atoms with Crippen LogP contribution in [0, 0.1) is 5.92 Å². The van der Waals surface area contributed by atoms with Crippen molar-refractivity contribution in [2.45, 2.75) is 13.3 Å². The fourth-order valence-corrected chi connectivity index (χ4v) is 0.747. The zero-order valence-corrected chi connectivity index (χ0v) is 6.98. The lowest BCUT2D eigenvalue weighted by molar-refractivity contribution is 0.595. The van der Waals surface area contributed by atoms with Gasteiger partial charge in [-0.15, -0.1) is 0 Å². The van der Waals surface area contributed by atoms with E-state index in [1.807, 2.05) is 13.1 Å². The number of rotatable bonds is 5. The highest BCUT2D eigenvalue weighted by Crippen LogP contribution is 2.11. The van der Waals surface area contributed by atoms with E-state index in [2.05, 4.69) is 25.4 Å². The Morgan fingerprint density at radius 3 is 2.70 bits per heavy atom. The summed E-state index contributed by atoms with van der Waals surface area (Å²) in [4.78, 5) is 0. The van der Waals surface area contributed by atoms with Gasteiger partial charge in [0.2, 0.25) is 0 Å². The molecule has 0 spiro atoms. The second-order valence-corrected chi connectivity index (χ2v) is 2.57. The van der Waals surface area contributed by atoms with Gasteiger partial charge in [0.1, 0.15) is 0 Å². The van der Waals surface area contributed by atoms with Gasteiger partial charge in [-0.1, -0.05) is 31.7 Å². The molecule has 0 saturated carbocycles. The maximum absolute atomic E-state index is 3.88. The molecule has 0 aromatic carbocycles. The lowest BCUT2D eigenvalue weighted by atomic mass is 9.99. The first-order valence-electron chi connectivity index (χ1n) is 3.68. The maximum Gasteiger partial charge on any atom is -0.00462 e. The molecule has 0 aromatic heterocycles. The molecular weight excluding hydrogens is 122 g/mol. The monoisotopic (exact) mass is 139 g/mol. The summed E-state index contributed by atoms with van der Waals surface area (Å²) in [6, 6.07) is 0. The molecule has 0 aliphatic carbocycles. The van der Waals surface area contributed by atoms with Gasteiger partial charge in [-0.25, -0.2) is 0 Å². The van der Waals surface area contributed by atoms with Crippen molar-refractivity contribution in [1.82, 2.24) is 5.32 Å². The van der Waals surface area contributed by atoms with E-state index in [0.29, 0.717) is 5.92 Å². The molecule has 0 aliphatic heterocycles. The summed E-state index contributed by atoms with van der Waals surface area (Å²) in [5, 5.41) is 3.10. The number of nitrogens with one attached hydrogen (secondary N) is 1. The molecule has 0 aromatic rings. The van der Waals surface area contributed by atoms with E-state index >= 15 is 0 Å². The van der Waals surface area contributed by atoms with Crippen LogP contribution in [0.4, 0.5) is 0 Å². The number of hydrogen-bond acceptors (Lipinski definition) is 1. The van der Waals surface area contributed by atoms with Crippen LogP contribution in [0.3, 0.4) is 0 Å². The average Bonchev–Trinajstić information content (AvgIpc) is 1.98. The molecule has 0 aliphatic rings. The molecular formula is C9H17N. The smallest absolute Gasteiger partial charge is 0.00462 e. The topological polar surface area (TPSA) is 12.0 Å². The van der Waals surface area contributed by atoms with Gasteiger partial charge in [0, 0.05) is 0 Å². The fourth-order valence-electron chi connectivity index (χ4n) is 0.747. The van der Waals surface area contributed by atoms with Gasteiger partial charge in [0.05, 0.1) is 0 Å². The van der Waals surface area contributed by atoms with Crippen molar-refractivity contribution in [2.75, 3.05) is 13.6 Å². The second kappa shape index (κ2) is 5.24. The Bertz CT molecular complexity index is 116. The summed E-state index contributed by atoms with van der Waals surface area (Å²) in [6.45, 7) is 10.8. The van der Waals surface area contributed by atoms with Crippen LogP contribution in [0.1, 0.15) is 13.3 Å². The summed E-state index contributed by atoms with van der Waals surface area (Å²) in [6.07, 6.45) is 2.97. The predicted octanol–water partition coefficient (Wildman–Crippen LogP) is 1.97. The normalized spacial score (nSPS) is 12.6. The van der Waals surface area contributed by atoms with Crippen LogP contribution in [0.15, 0.2) is 24.8 Å². The summed E-state index contributed by atoms with van der Waals surface area (Å²) in [7, 11) is 1.96. The quantitative estimate of drug-likeness (QED) is 0.574. The third kappa shape index (κ3) is 3.46. The summed E-state index contributed by atoms with van der Waals surface area (Å²) >= 11 is 0. The molecule has 0 bridgehead atoms. The summed E-state index contributed by atoms with van der Waals surface area (Å²) in [5.41, 5.74) is 1.13. The van der Waals surface area contributed by atoms with Crippen LogP contribution in [-0.2, 0) is 0 Å². The standard InChI is InChI=1S/C9H17N/c1-5-8(2)9(3)6-7-10-4/h5,9-10H,1-2,6-7H2,3-4H3. The highest BCUT2D eigenvalue weighted by molar-refractivity contribution is 5.13. The Morgan fingerprint density at radius 2 is 2.30 bits per heavy atom. The van der Waals surface area contributed by atoms with E-state index in [4.69, 9.17) is 0 Å². The molecule has 1 heteroatoms. The van der Waals surface area contributed by atoms with Crippen LogP contribution < -0.4 is 5.32 Å². The van der Waals surface area contributed by atoms with Crippen molar-refractivity contribution >= 4 is 0 Å². The average molecular weight is 139 g/mol. The molecule has 58 valence electrons. The molecule has 0 saturated heterocycles. The molecule has 10 heavy (non-hydrogen) atoms. The fraction of sp³-hybridized carbons (Fsp3) is 0.556. The van der Waals surface area contributed by atoms with Crippen LogP contribution in [-0.4, -0.2) is 13.6 Å². The zero-order valence-electron chi connectivity index (χ0n) is 6.98. The Hall–Kier alpha value is -0.560. The van der Waals surface area contributed by atoms with Gasteiger partial charge in [0.15, 0.2) is 0 Å². The molecule has 0 heterocycles. The van der Waals surface area contributed by atoms with Crippen molar-refractivity contribution in [2.24, 2.45) is 5.92 Å². The Morgan fingerprint density at radius 1 is 1.70 bits per heavy atom. The zero-order chi connectivity index (χ0) is 7.98. The SMILES string of the molecule is C=CC(=C)C(C)CCNC. The first-order valence-corrected chi connectivity index (χ1v) is 3.68. The van der Waals surface area contributed by atoms with Crippen molar-refractivity contribution < 1.29 is 0 Å². The molecule has 0 amide bonds. The molecule has 1 atom stereocenters. The minimum atomic E-state index is 0.560. The Labute approximate surface area is 63.8 Å². The largest absolute Gasteiger partial charge is 0.320 e. The van der Waals surface area contributed by atoms with Crippen LogP contribution in [0.2, 0.25) is 0 Å². The van der Waals surface area contributed by atoms with Crippen molar-refractivity contribution in [3.63, 3.8) is 0 Å². The lowest BCUT2D eigenvalue weighted by Gasteiger charge is -2.09. The van der Waals surface area contributed by atoms with Gasteiger partial charge in [-0.05, 0) is 25.9 Å². The highest BCUT2D eigenvalue weighted by Gasteiger charge is 2.00. The molecule has 0 radical (unpaired) electrons. The van der Waals surface area contributed by atoms with E-state index < -0.39 is 0 Å². The molecule has 1 unspecified atom stereocenters. The van der Waals surface area contributed by atoms with Gasteiger partial charge < -0.3 is 5.32 Å². The second-order valence-electron chi connectivity index (χ2n) is 2.57. The van der Waals surface area contributed by atoms with Crippen molar-refractivity contribution in [3.8, 4) is 0 Å². The summed E-state index contributed by atoms with van der Waals surface area (Å²) < 4.78 is 0. The molecule has 1 nitrogen and oxygen atoms in total. The van der Waals surface area contributed by atoms with Gasteiger partial charge in [-0.2, -0.15) is 0 Å². The Balaban J connectivity index is 3.51. The van der Waals surface area contributed by atoms with Crippen LogP contribution >= 0.6 is 0 Å². The van der Waals surface area contributed by atoms with Crippen molar-refractivity contribution in [3.05, 3.63) is 24.8 Å². The van der Waals surface area contributed by atoms with E-state index in [9.17, 15) is 0 Å². The predicted molar refractivity (Wildman–Crippen MR) is 47.0 cm³/mol. The maximum atomic E-state index is 3.88. The Kier molecular flexibility index (Phi) is 4.95. The molecule has 0 rings (SSSR count). The van der Waals surface area contributed by atoms with Gasteiger partial charge in [0.25, 0.3) is 0 Å². The van der Waals surface area contributed by atoms with Gasteiger partial charge >= 0.3 is 0 Å². The van der Waals surface area contributed by atoms with Crippen LogP contribution in [0.5, 0.6) is 0 Å². The molecule has 1 N–H and O–H groups in total. The number of allylic oxidation sites excluding steroid dienone is 2. The van der Waals surface area contributed by atoms with E-state index in [-0.39, 0.29) is 0 Å². The van der Waals surface area contributed by atoms with E-state index in [1.54, 1.807) is 0 Å². The minimum absolute atomic E-state index is 0.560. The summed E-state index contributed by atoms with van der Waals surface area (Å²) in [5.74, 6) is 0.560. The van der Waals surface area contributed by atoms with E-state index in [0.717, 1.165) is 18.5 Å². The first kappa shape index (κ1) is 9.44. The third-order valence-corrected chi connectivity index (χ3v) is 1.72. The number of hydrogen-bond donors (Lipinski definition) is 1.